The number of nitrogens with zero attached hydrogens (tertiary/aromatic N) is 1. The molecule has 2 rings (SSSR count). The molecular weight excluding hydrogens is 248 g/mol. The molecule has 3 nitrogen and oxygen atoms in total. The predicted molar refractivity (Wildman–Crippen MR) is 83.6 cm³/mol. The lowest BCUT2D eigenvalue weighted by Gasteiger charge is -2.12. The summed E-state index contributed by atoms with van der Waals surface area (Å²) in [6, 6.07) is 8.10. The first kappa shape index (κ1) is 14.4. The number of hydrogen-bond donors (Lipinski definition) is 1. The fraction of sp³-hybridized carbons (Fsp3) is 0.353. The lowest BCUT2D eigenvalue weighted by molar-refractivity contribution is 0.101. The predicted octanol–water partition coefficient (Wildman–Crippen LogP) is 3.55. The van der Waals surface area contributed by atoms with Gasteiger partial charge in [-0.2, -0.15) is 0 Å². The van der Waals surface area contributed by atoms with Gasteiger partial charge in [0.1, 0.15) is 0 Å². The summed E-state index contributed by atoms with van der Waals surface area (Å²) in [6.45, 7) is 8.44. The molecular formula is C17H22N2O. The molecule has 1 aromatic heterocycles. The highest BCUT2D eigenvalue weighted by atomic mass is 16.1. The molecule has 0 amide bonds. The number of aryl methyl sites for hydroxylation is 3. The van der Waals surface area contributed by atoms with Crippen molar-refractivity contribution in [3.05, 3.63) is 52.3 Å². The summed E-state index contributed by atoms with van der Waals surface area (Å²) in [5, 5.41) is 3.28. The molecule has 0 bridgehead atoms. The minimum absolute atomic E-state index is 0.133. The first-order chi connectivity index (χ1) is 9.41. The third-order valence-electron chi connectivity index (χ3n) is 3.98. The Kier molecular flexibility index (Phi) is 3.98. The number of ketones is 1. The Balaban J connectivity index is 2.15. The normalized spacial score (nSPS) is 10.7. The highest BCUT2D eigenvalue weighted by molar-refractivity contribution is 6.00. The van der Waals surface area contributed by atoms with Gasteiger partial charge in [-0.1, -0.05) is 18.2 Å². The van der Waals surface area contributed by atoms with E-state index in [0.717, 1.165) is 22.6 Å². The maximum absolute atomic E-state index is 12.4. The van der Waals surface area contributed by atoms with E-state index >= 15 is 0 Å². The second-order valence-electron chi connectivity index (χ2n) is 5.39. The van der Waals surface area contributed by atoms with E-state index in [0.29, 0.717) is 6.54 Å². The van der Waals surface area contributed by atoms with Crippen LogP contribution in [-0.4, -0.2) is 16.9 Å². The van der Waals surface area contributed by atoms with Crippen molar-refractivity contribution in [2.45, 2.75) is 27.7 Å². The largest absolute Gasteiger partial charge is 0.377 e. The zero-order valence-corrected chi connectivity index (χ0v) is 12.9. The first-order valence-electron chi connectivity index (χ1n) is 6.88. The number of para-hydroxylation sites is 1. The molecule has 0 unspecified atom stereocenters. The van der Waals surface area contributed by atoms with Crippen LogP contribution in [0.2, 0.25) is 0 Å². The average molecular weight is 270 g/mol. The quantitative estimate of drug-likeness (QED) is 0.862. The molecule has 1 N–H and O–H groups in total. The molecule has 3 heteroatoms. The highest BCUT2D eigenvalue weighted by Gasteiger charge is 2.14. The lowest BCUT2D eigenvalue weighted by Crippen LogP contribution is -2.16. The number of benzene rings is 1. The Morgan fingerprint density at radius 1 is 1.15 bits per heavy atom. The summed E-state index contributed by atoms with van der Waals surface area (Å²) in [4.78, 5) is 12.4. The summed E-state index contributed by atoms with van der Waals surface area (Å²) >= 11 is 0. The van der Waals surface area contributed by atoms with Crippen LogP contribution in [0.25, 0.3) is 0 Å². The van der Waals surface area contributed by atoms with E-state index in [2.05, 4.69) is 31.3 Å². The average Bonchev–Trinajstić information content (AvgIpc) is 2.66. The summed E-state index contributed by atoms with van der Waals surface area (Å²) < 4.78 is 2.05. The van der Waals surface area contributed by atoms with Crippen LogP contribution in [-0.2, 0) is 7.05 Å². The maximum atomic E-state index is 12.4. The van der Waals surface area contributed by atoms with Gasteiger partial charge in [-0.25, -0.2) is 0 Å². The Morgan fingerprint density at radius 2 is 1.75 bits per heavy atom. The lowest BCUT2D eigenvalue weighted by atomic mass is 10.1. The molecule has 0 saturated carbocycles. The molecule has 0 saturated heterocycles. The van der Waals surface area contributed by atoms with Crippen LogP contribution in [0.5, 0.6) is 0 Å². The summed E-state index contributed by atoms with van der Waals surface area (Å²) in [7, 11) is 1.99. The van der Waals surface area contributed by atoms with E-state index in [9.17, 15) is 4.79 Å². The van der Waals surface area contributed by atoms with Crippen LogP contribution in [0.3, 0.4) is 0 Å². The van der Waals surface area contributed by atoms with Gasteiger partial charge in [0.05, 0.1) is 6.54 Å². The van der Waals surface area contributed by atoms with E-state index in [1.807, 2.05) is 37.6 Å². The fourth-order valence-corrected chi connectivity index (χ4v) is 2.49. The molecule has 2 aromatic rings. The summed E-state index contributed by atoms with van der Waals surface area (Å²) in [5.41, 5.74) is 6.33. The van der Waals surface area contributed by atoms with Crippen molar-refractivity contribution in [1.82, 2.24) is 4.57 Å². The zero-order chi connectivity index (χ0) is 14.9. The van der Waals surface area contributed by atoms with Gasteiger partial charge in [-0.3, -0.25) is 4.79 Å². The highest BCUT2D eigenvalue weighted by Crippen LogP contribution is 2.20. The molecule has 0 aliphatic rings. The van der Waals surface area contributed by atoms with Crippen molar-refractivity contribution < 1.29 is 4.79 Å². The van der Waals surface area contributed by atoms with Crippen LogP contribution in [0.4, 0.5) is 5.69 Å². The number of anilines is 1. The number of carbonyl (C=O) groups is 1. The second-order valence-corrected chi connectivity index (χ2v) is 5.39. The molecule has 0 spiro atoms. The van der Waals surface area contributed by atoms with E-state index in [1.165, 1.54) is 11.1 Å². The van der Waals surface area contributed by atoms with Crippen molar-refractivity contribution in [3.8, 4) is 0 Å². The smallest absolute Gasteiger partial charge is 0.183 e. The first-order valence-corrected chi connectivity index (χ1v) is 6.88. The van der Waals surface area contributed by atoms with Crippen LogP contribution >= 0.6 is 0 Å². The van der Waals surface area contributed by atoms with Crippen molar-refractivity contribution in [2.24, 2.45) is 7.05 Å². The number of hydrogen-bond acceptors (Lipinski definition) is 2. The number of rotatable bonds is 4. The van der Waals surface area contributed by atoms with Gasteiger partial charge >= 0.3 is 0 Å². The van der Waals surface area contributed by atoms with Gasteiger partial charge in [0.15, 0.2) is 5.78 Å². The van der Waals surface area contributed by atoms with Gasteiger partial charge in [0, 0.05) is 29.7 Å². The Hall–Kier alpha value is -2.03. The minimum atomic E-state index is 0.133. The van der Waals surface area contributed by atoms with E-state index < -0.39 is 0 Å². The van der Waals surface area contributed by atoms with Crippen molar-refractivity contribution in [2.75, 3.05) is 11.9 Å². The third kappa shape index (κ3) is 2.62. The standard InChI is InChI=1S/C17H22N2O/c1-11-7-6-8-12(2)17(11)18-10-16(20)15-9-13(3)19(5)14(15)4/h6-9,18H,10H2,1-5H3. The molecule has 1 aromatic carbocycles. The van der Waals surface area contributed by atoms with Crippen LogP contribution < -0.4 is 5.32 Å². The van der Waals surface area contributed by atoms with Gasteiger partial charge < -0.3 is 9.88 Å². The molecule has 0 aliphatic heterocycles. The van der Waals surface area contributed by atoms with E-state index in [-0.39, 0.29) is 5.78 Å². The van der Waals surface area contributed by atoms with Crippen molar-refractivity contribution in [1.29, 1.82) is 0 Å². The number of Topliss-reactive ketones (excluding diaryl/α,β-unsaturated/α-hetero) is 1. The Morgan fingerprint density at radius 3 is 2.25 bits per heavy atom. The molecule has 0 atom stereocenters. The third-order valence-corrected chi connectivity index (χ3v) is 3.98. The summed E-state index contributed by atoms with van der Waals surface area (Å²) in [6.07, 6.45) is 0. The number of aromatic nitrogens is 1. The van der Waals surface area contributed by atoms with Gasteiger partial charge in [0.2, 0.25) is 0 Å². The van der Waals surface area contributed by atoms with Crippen LogP contribution in [0.1, 0.15) is 32.9 Å². The number of carbonyl (C=O) groups excluding carboxylic acids is 1. The van der Waals surface area contributed by atoms with Crippen LogP contribution in [0, 0.1) is 27.7 Å². The van der Waals surface area contributed by atoms with Crippen molar-refractivity contribution in [3.63, 3.8) is 0 Å². The van der Waals surface area contributed by atoms with Gasteiger partial charge in [-0.05, 0) is 44.9 Å². The SMILES string of the molecule is Cc1cccc(C)c1NCC(=O)c1cc(C)n(C)c1C. The second kappa shape index (κ2) is 5.53. The topological polar surface area (TPSA) is 34.0 Å². The monoisotopic (exact) mass is 270 g/mol. The van der Waals surface area contributed by atoms with Crippen molar-refractivity contribution >= 4 is 11.5 Å². The Labute approximate surface area is 120 Å². The van der Waals surface area contributed by atoms with Gasteiger partial charge in [0.25, 0.3) is 0 Å². The van der Waals surface area contributed by atoms with Gasteiger partial charge in [-0.15, -0.1) is 0 Å². The molecule has 0 fully saturated rings. The molecule has 20 heavy (non-hydrogen) atoms. The summed E-state index contributed by atoms with van der Waals surface area (Å²) in [5.74, 6) is 0.133. The molecule has 1 heterocycles. The van der Waals surface area contributed by atoms with Crippen LogP contribution in [0.15, 0.2) is 24.3 Å². The minimum Gasteiger partial charge on any atom is -0.377 e. The Bertz CT molecular complexity index is 633. The molecule has 106 valence electrons. The molecule has 0 radical (unpaired) electrons. The fourth-order valence-electron chi connectivity index (χ4n) is 2.49. The van der Waals surface area contributed by atoms with E-state index in [1.54, 1.807) is 0 Å². The zero-order valence-electron chi connectivity index (χ0n) is 12.9. The number of nitrogens with one attached hydrogen (secondary N) is 1. The maximum Gasteiger partial charge on any atom is 0.183 e. The molecule has 0 aliphatic carbocycles. The van der Waals surface area contributed by atoms with E-state index in [4.69, 9.17) is 0 Å².